The standard InChI is InChI=1S/C22H36N4O2S3/c1-21(16-23,13-12-19(27)30)25-26-22(2,17-24)15-18(20(28)31)11-9-7-5-3-4-6-8-10-14-29/h18,29H,3-15H2,1-2H3,(H,27,30)(H,28,31). The van der Waals surface area contributed by atoms with Crippen LogP contribution in [0.2, 0.25) is 0 Å². The first-order chi connectivity index (χ1) is 14.6. The number of nitrogens with zero attached hydrogens (tertiary/aromatic N) is 4. The first-order valence-electron chi connectivity index (χ1n) is 10.9. The zero-order chi connectivity index (χ0) is 23.8. The van der Waals surface area contributed by atoms with Gasteiger partial charge in [-0.1, -0.05) is 44.9 Å². The van der Waals surface area contributed by atoms with Gasteiger partial charge in [0.1, 0.15) is 0 Å². The van der Waals surface area contributed by atoms with E-state index in [9.17, 15) is 20.7 Å². The molecule has 2 N–H and O–H groups in total. The molecular weight excluding hydrogens is 448 g/mol. The van der Waals surface area contributed by atoms with Crippen molar-refractivity contribution in [3.8, 4) is 12.1 Å². The molecule has 0 spiro atoms. The fourth-order valence-electron chi connectivity index (χ4n) is 3.16. The van der Waals surface area contributed by atoms with Crippen molar-refractivity contribution in [2.75, 3.05) is 5.75 Å². The third kappa shape index (κ3) is 14.4. The lowest BCUT2D eigenvalue weighted by atomic mass is 9.87. The average molecular weight is 485 g/mol. The summed E-state index contributed by atoms with van der Waals surface area (Å²) in [6.45, 7) is 3.21. The minimum atomic E-state index is -1.21. The topological polar surface area (TPSA) is 113 Å². The maximum atomic E-state index is 9.96. The fourth-order valence-corrected chi connectivity index (χ4v) is 3.69. The summed E-state index contributed by atoms with van der Waals surface area (Å²) in [6, 6.07) is 4.20. The number of thiocarbonyl (C=S) groups is 2. The van der Waals surface area contributed by atoms with E-state index in [1.165, 1.54) is 32.1 Å². The van der Waals surface area contributed by atoms with Crippen molar-refractivity contribution in [2.24, 2.45) is 16.1 Å². The van der Waals surface area contributed by atoms with Crippen LogP contribution in [0.4, 0.5) is 0 Å². The lowest BCUT2D eigenvalue weighted by Gasteiger charge is -2.23. The molecule has 0 radical (unpaired) electrons. The van der Waals surface area contributed by atoms with Gasteiger partial charge in [0.05, 0.1) is 12.1 Å². The van der Waals surface area contributed by atoms with Gasteiger partial charge in [0.15, 0.2) is 21.2 Å². The lowest BCUT2D eigenvalue weighted by Crippen LogP contribution is -2.29. The van der Waals surface area contributed by atoms with Crippen LogP contribution in [0.1, 0.15) is 90.9 Å². The predicted molar refractivity (Wildman–Crippen MR) is 136 cm³/mol. The molecule has 0 saturated heterocycles. The Bertz CT molecular complexity index is 675. The third-order valence-corrected chi connectivity index (χ3v) is 6.11. The number of unbranched alkanes of at least 4 members (excludes halogenated alkanes) is 7. The molecule has 0 aliphatic heterocycles. The molecule has 6 nitrogen and oxygen atoms in total. The van der Waals surface area contributed by atoms with E-state index >= 15 is 0 Å². The van der Waals surface area contributed by atoms with E-state index in [4.69, 9.17) is 12.2 Å². The van der Waals surface area contributed by atoms with Gasteiger partial charge < -0.3 is 10.2 Å². The maximum absolute atomic E-state index is 9.96. The molecule has 0 aromatic carbocycles. The van der Waals surface area contributed by atoms with E-state index in [1.54, 1.807) is 13.8 Å². The van der Waals surface area contributed by atoms with Gasteiger partial charge >= 0.3 is 0 Å². The molecule has 0 saturated carbocycles. The monoisotopic (exact) mass is 484 g/mol. The van der Waals surface area contributed by atoms with Gasteiger partial charge in [0.25, 0.3) is 0 Å². The molecule has 0 aromatic heterocycles. The number of hydrogen-bond acceptors (Lipinski definition) is 7. The molecule has 174 valence electrons. The summed E-state index contributed by atoms with van der Waals surface area (Å²) in [5.74, 6) is 0.628. The number of aliphatic hydroxyl groups is 2. The molecule has 0 amide bonds. The largest absolute Gasteiger partial charge is 0.502 e. The van der Waals surface area contributed by atoms with Gasteiger partial charge in [-0.25, -0.2) is 0 Å². The first kappa shape index (κ1) is 29.7. The minimum Gasteiger partial charge on any atom is -0.502 e. The highest BCUT2D eigenvalue weighted by atomic mass is 32.1. The van der Waals surface area contributed by atoms with Crippen LogP contribution >= 0.6 is 37.1 Å². The Balaban J connectivity index is 4.71. The second kappa shape index (κ2) is 16.4. The van der Waals surface area contributed by atoms with Crippen molar-refractivity contribution in [3.05, 3.63) is 0 Å². The third-order valence-electron chi connectivity index (χ3n) is 5.25. The summed E-state index contributed by atoms with van der Waals surface area (Å²) in [4.78, 5) is 0. The van der Waals surface area contributed by atoms with Crippen molar-refractivity contribution < 1.29 is 10.2 Å². The molecular formula is C22H36N4O2S3. The summed E-state index contributed by atoms with van der Waals surface area (Å²) in [6.07, 6.45) is 10.5. The average Bonchev–Trinajstić information content (AvgIpc) is 2.74. The van der Waals surface area contributed by atoms with Crippen LogP contribution in [0.5, 0.6) is 0 Å². The highest BCUT2D eigenvalue weighted by Crippen LogP contribution is 2.28. The Labute approximate surface area is 203 Å². The molecule has 0 rings (SSSR count). The van der Waals surface area contributed by atoms with E-state index in [-0.39, 0.29) is 35.3 Å². The molecule has 0 aliphatic carbocycles. The number of aliphatic hydroxyl groups excluding tert-OH is 2. The molecule has 0 heterocycles. The summed E-state index contributed by atoms with van der Waals surface area (Å²) in [5.41, 5.74) is -2.39. The molecule has 0 bridgehead atoms. The maximum Gasteiger partial charge on any atom is 0.165 e. The van der Waals surface area contributed by atoms with Gasteiger partial charge in [-0.3, -0.25) is 0 Å². The van der Waals surface area contributed by atoms with Crippen molar-refractivity contribution in [3.63, 3.8) is 0 Å². The van der Waals surface area contributed by atoms with Crippen LogP contribution in [-0.4, -0.2) is 37.1 Å². The number of azo groups is 1. The second-order valence-corrected chi connectivity index (χ2v) is 9.78. The predicted octanol–water partition coefficient (Wildman–Crippen LogP) is 7.00. The van der Waals surface area contributed by atoms with Crippen LogP contribution < -0.4 is 0 Å². The zero-order valence-corrected chi connectivity index (χ0v) is 21.2. The van der Waals surface area contributed by atoms with Crippen LogP contribution in [0, 0.1) is 28.6 Å². The number of rotatable bonds is 18. The van der Waals surface area contributed by atoms with E-state index in [0.717, 1.165) is 25.0 Å². The summed E-state index contributed by atoms with van der Waals surface area (Å²) in [7, 11) is 0. The van der Waals surface area contributed by atoms with Gasteiger partial charge in [-0.05, 0) is 69.7 Å². The SMILES string of the molecule is CC(C#N)(CCC(O)=S)N=NC(C)(C#N)CC(CCCCCCCCCCS)C(O)=S. The number of hydrogen-bond donors (Lipinski definition) is 3. The van der Waals surface area contributed by atoms with Crippen molar-refractivity contribution in [1.29, 1.82) is 10.5 Å². The Morgan fingerprint density at radius 1 is 0.903 bits per heavy atom. The highest BCUT2D eigenvalue weighted by molar-refractivity contribution is 7.80. The Morgan fingerprint density at radius 3 is 1.84 bits per heavy atom. The molecule has 0 fully saturated rings. The van der Waals surface area contributed by atoms with Crippen LogP contribution in [0.3, 0.4) is 0 Å². The quantitative estimate of drug-likeness (QED) is 0.0835. The van der Waals surface area contributed by atoms with Gasteiger partial charge in [-0.15, -0.1) is 0 Å². The van der Waals surface area contributed by atoms with Crippen molar-refractivity contribution in [1.82, 2.24) is 0 Å². The Morgan fingerprint density at radius 2 is 1.39 bits per heavy atom. The molecule has 31 heavy (non-hydrogen) atoms. The van der Waals surface area contributed by atoms with Gasteiger partial charge in [-0.2, -0.15) is 33.4 Å². The van der Waals surface area contributed by atoms with Gasteiger partial charge in [0, 0.05) is 12.3 Å². The van der Waals surface area contributed by atoms with E-state index in [0.29, 0.717) is 6.42 Å². The summed E-state index contributed by atoms with van der Waals surface area (Å²) in [5, 5.41) is 46.2. The van der Waals surface area contributed by atoms with Crippen LogP contribution in [-0.2, 0) is 0 Å². The molecule has 0 aromatic rings. The first-order valence-corrected chi connectivity index (χ1v) is 12.4. The second-order valence-electron chi connectivity index (χ2n) is 8.45. The van der Waals surface area contributed by atoms with Crippen molar-refractivity contribution >= 4 is 47.2 Å². The van der Waals surface area contributed by atoms with Crippen LogP contribution in [0.25, 0.3) is 0 Å². The Kier molecular flexibility index (Phi) is 15.7. The smallest absolute Gasteiger partial charge is 0.165 e. The Hall–Kier alpha value is -1.29. The van der Waals surface area contributed by atoms with E-state index < -0.39 is 11.1 Å². The summed E-state index contributed by atoms with van der Waals surface area (Å²) < 4.78 is 0. The molecule has 0 aliphatic rings. The summed E-state index contributed by atoms with van der Waals surface area (Å²) >= 11 is 13.9. The van der Waals surface area contributed by atoms with Crippen molar-refractivity contribution in [2.45, 2.75) is 102 Å². The highest BCUT2D eigenvalue weighted by Gasteiger charge is 2.32. The zero-order valence-electron chi connectivity index (χ0n) is 18.7. The van der Waals surface area contributed by atoms with E-state index in [1.807, 2.05) is 0 Å². The van der Waals surface area contributed by atoms with Gasteiger partial charge in [0.2, 0.25) is 0 Å². The normalized spacial score (nSPS) is 16.0. The van der Waals surface area contributed by atoms with E-state index in [2.05, 4.69) is 47.2 Å². The molecule has 9 heteroatoms. The molecule has 3 atom stereocenters. The number of thiol groups is 1. The molecule has 3 unspecified atom stereocenters. The number of nitriles is 2. The minimum absolute atomic E-state index is 0.114. The fraction of sp³-hybridized carbons (Fsp3) is 0.818. The lowest BCUT2D eigenvalue weighted by molar-refractivity contribution is 0.373. The van der Waals surface area contributed by atoms with Crippen LogP contribution in [0.15, 0.2) is 10.2 Å².